The first-order valence-corrected chi connectivity index (χ1v) is 2.32. The molecule has 0 aromatic rings. The first-order valence-electron chi connectivity index (χ1n) is 1.29. The predicted molar refractivity (Wildman–Crippen MR) is 17.9 cm³/mol. The topological polar surface area (TPSA) is 46.5 Å². The smallest absolute Gasteiger partial charge is 0.284 e. The van der Waals surface area contributed by atoms with Gasteiger partial charge < -0.3 is 0 Å². The third-order valence-electron chi connectivity index (χ3n) is 0.166. The SMILES string of the molecule is O=S(O)OC(F)(F)F. The predicted octanol–water partition coefficient (Wildman–Crippen LogP) is 0.659. The van der Waals surface area contributed by atoms with Gasteiger partial charge in [0, 0.05) is 0 Å². The van der Waals surface area contributed by atoms with E-state index in [4.69, 9.17) is 4.55 Å². The van der Waals surface area contributed by atoms with Gasteiger partial charge in [-0.25, -0.2) is 0 Å². The highest BCUT2D eigenvalue weighted by Crippen LogP contribution is 2.16. The molecule has 1 atom stereocenters. The molecule has 7 heteroatoms. The van der Waals surface area contributed by atoms with Gasteiger partial charge in [-0.2, -0.15) is 8.39 Å². The van der Waals surface area contributed by atoms with E-state index in [1.807, 2.05) is 0 Å². The lowest BCUT2D eigenvalue weighted by molar-refractivity contribution is -0.272. The van der Waals surface area contributed by atoms with Crippen molar-refractivity contribution >= 4 is 11.4 Å². The van der Waals surface area contributed by atoms with Crippen LogP contribution in [0.4, 0.5) is 13.2 Å². The zero-order valence-corrected chi connectivity index (χ0v) is 4.12. The van der Waals surface area contributed by atoms with Gasteiger partial charge in [0.05, 0.1) is 0 Å². The normalized spacial score (nSPS) is 16.0. The van der Waals surface area contributed by atoms with Crippen molar-refractivity contribution < 1.29 is 26.1 Å². The zero-order chi connectivity index (χ0) is 6.78. The molecular weight excluding hydrogens is 149 g/mol. The van der Waals surface area contributed by atoms with Crippen LogP contribution in [-0.2, 0) is 15.5 Å². The first-order chi connectivity index (χ1) is 3.42. The highest BCUT2D eigenvalue weighted by molar-refractivity contribution is 7.74. The summed E-state index contributed by atoms with van der Waals surface area (Å²) in [6, 6.07) is 0. The van der Waals surface area contributed by atoms with E-state index in [0.717, 1.165) is 0 Å². The third kappa shape index (κ3) is 5.86. The number of hydrogen-bond donors (Lipinski definition) is 1. The average molecular weight is 150 g/mol. The Kier molecular flexibility index (Phi) is 2.38. The van der Waals surface area contributed by atoms with Gasteiger partial charge in [0.15, 0.2) is 0 Å². The van der Waals surface area contributed by atoms with E-state index in [1.165, 1.54) is 0 Å². The molecule has 0 amide bonds. The lowest BCUT2D eigenvalue weighted by Gasteiger charge is -1.98. The van der Waals surface area contributed by atoms with Gasteiger partial charge in [-0.05, 0) is 0 Å². The fourth-order valence-electron chi connectivity index (χ4n) is 0.0808. The highest BCUT2D eigenvalue weighted by Gasteiger charge is 2.32. The molecule has 0 aliphatic carbocycles. The van der Waals surface area contributed by atoms with E-state index < -0.39 is 17.7 Å². The Morgan fingerprint density at radius 2 is 1.88 bits per heavy atom. The monoisotopic (exact) mass is 150 g/mol. The minimum Gasteiger partial charge on any atom is -0.284 e. The molecule has 0 aromatic heterocycles. The quantitative estimate of drug-likeness (QED) is 0.558. The molecule has 1 N–H and O–H groups in total. The van der Waals surface area contributed by atoms with Crippen molar-refractivity contribution in [1.29, 1.82) is 0 Å². The van der Waals surface area contributed by atoms with Crippen LogP contribution in [0.3, 0.4) is 0 Å². The second-order valence-corrected chi connectivity index (χ2v) is 1.35. The van der Waals surface area contributed by atoms with E-state index in [9.17, 15) is 17.4 Å². The maximum Gasteiger partial charge on any atom is 0.537 e. The van der Waals surface area contributed by atoms with Crippen LogP contribution in [0.1, 0.15) is 0 Å². The lowest BCUT2D eigenvalue weighted by Crippen LogP contribution is -2.14. The number of rotatable bonds is 1. The number of hydrogen-bond acceptors (Lipinski definition) is 2. The molecule has 0 heterocycles. The first kappa shape index (κ1) is 7.86. The molecule has 0 bridgehead atoms. The second-order valence-electron chi connectivity index (χ2n) is 0.746. The van der Waals surface area contributed by atoms with Crippen LogP contribution < -0.4 is 0 Å². The Labute approximate surface area is 44.9 Å². The largest absolute Gasteiger partial charge is 0.537 e. The second kappa shape index (κ2) is 2.42. The van der Waals surface area contributed by atoms with Crippen molar-refractivity contribution in [3.05, 3.63) is 0 Å². The van der Waals surface area contributed by atoms with Crippen molar-refractivity contribution in [2.75, 3.05) is 0 Å². The van der Waals surface area contributed by atoms with E-state index >= 15 is 0 Å². The van der Waals surface area contributed by atoms with Crippen LogP contribution in [0, 0.1) is 0 Å². The molecule has 0 saturated carbocycles. The van der Waals surface area contributed by atoms with Gasteiger partial charge in [0.25, 0.3) is 0 Å². The van der Waals surface area contributed by atoms with Gasteiger partial charge in [0.2, 0.25) is 0 Å². The number of alkyl halides is 3. The van der Waals surface area contributed by atoms with Crippen LogP contribution >= 0.6 is 0 Å². The summed E-state index contributed by atoms with van der Waals surface area (Å²) < 4.78 is 51.3. The van der Waals surface area contributed by atoms with Crippen LogP contribution in [0.5, 0.6) is 0 Å². The summed E-state index contributed by atoms with van der Waals surface area (Å²) in [6.45, 7) is 0. The maximum absolute atomic E-state index is 10.7. The Hall–Kier alpha value is -0.140. The minimum atomic E-state index is -5.03. The molecule has 3 nitrogen and oxygen atoms in total. The Morgan fingerprint density at radius 1 is 1.50 bits per heavy atom. The molecule has 0 fully saturated rings. The van der Waals surface area contributed by atoms with E-state index in [0.29, 0.717) is 0 Å². The standard InChI is InChI=1S/CHF3O3S/c2-1(3,4)7-8(5)6/h(H,5,6). The molecule has 50 valence electrons. The van der Waals surface area contributed by atoms with Gasteiger partial charge >= 0.3 is 17.7 Å². The molecular formula is CHF3O3S. The van der Waals surface area contributed by atoms with Gasteiger partial charge in [0.1, 0.15) is 0 Å². The Bertz CT molecular complexity index is 97.2. The molecule has 0 spiro atoms. The van der Waals surface area contributed by atoms with E-state index in [-0.39, 0.29) is 0 Å². The molecule has 0 radical (unpaired) electrons. The van der Waals surface area contributed by atoms with E-state index in [2.05, 4.69) is 4.18 Å². The van der Waals surface area contributed by atoms with Crippen LogP contribution in [0.2, 0.25) is 0 Å². The van der Waals surface area contributed by atoms with Crippen LogP contribution in [-0.4, -0.2) is 15.1 Å². The fraction of sp³-hybridized carbons (Fsp3) is 1.00. The van der Waals surface area contributed by atoms with E-state index in [1.54, 1.807) is 0 Å². The molecule has 0 aromatic carbocycles. The summed E-state index contributed by atoms with van der Waals surface area (Å²) in [5.41, 5.74) is 0. The summed E-state index contributed by atoms with van der Waals surface area (Å²) >= 11 is -3.26. The van der Waals surface area contributed by atoms with Gasteiger partial charge in [-0.15, -0.1) is 13.2 Å². The maximum atomic E-state index is 10.7. The summed E-state index contributed by atoms with van der Waals surface area (Å²) in [5.74, 6) is 0. The zero-order valence-electron chi connectivity index (χ0n) is 3.31. The van der Waals surface area contributed by atoms with Crippen molar-refractivity contribution in [1.82, 2.24) is 0 Å². The van der Waals surface area contributed by atoms with Crippen molar-refractivity contribution in [3.8, 4) is 0 Å². The molecule has 0 aliphatic heterocycles. The molecule has 0 rings (SSSR count). The summed E-state index contributed by atoms with van der Waals surface area (Å²) in [5, 5.41) is 0. The van der Waals surface area contributed by atoms with Gasteiger partial charge in [-0.1, -0.05) is 0 Å². The van der Waals surface area contributed by atoms with Crippen LogP contribution in [0.15, 0.2) is 0 Å². The van der Waals surface area contributed by atoms with Gasteiger partial charge in [-0.3, -0.25) is 4.55 Å². The Balaban J connectivity index is 3.55. The van der Waals surface area contributed by atoms with Crippen molar-refractivity contribution in [2.24, 2.45) is 0 Å². The highest BCUT2D eigenvalue weighted by atomic mass is 32.2. The molecule has 1 unspecified atom stereocenters. The Morgan fingerprint density at radius 3 is 1.88 bits per heavy atom. The summed E-state index contributed by atoms with van der Waals surface area (Å²) in [6.07, 6.45) is -5.03. The van der Waals surface area contributed by atoms with Crippen molar-refractivity contribution in [3.63, 3.8) is 0 Å². The summed E-state index contributed by atoms with van der Waals surface area (Å²) in [4.78, 5) is 0. The molecule has 0 saturated heterocycles. The average Bonchev–Trinajstić information content (AvgIpc) is 1.21. The molecule has 0 aliphatic rings. The molecule has 8 heavy (non-hydrogen) atoms. The summed E-state index contributed by atoms with van der Waals surface area (Å²) in [7, 11) is 0. The fourth-order valence-corrected chi connectivity index (χ4v) is 0.243. The van der Waals surface area contributed by atoms with Crippen molar-refractivity contribution in [2.45, 2.75) is 6.36 Å². The van der Waals surface area contributed by atoms with Crippen LogP contribution in [0.25, 0.3) is 0 Å². The third-order valence-corrected chi connectivity index (χ3v) is 0.497. The lowest BCUT2D eigenvalue weighted by atomic mass is 11.4. The minimum absolute atomic E-state index is 2.47. The number of halogens is 3.